The third kappa shape index (κ3) is 5.09. The predicted octanol–water partition coefficient (Wildman–Crippen LogP) is 4.43. The molecular weight excluding hydrogens is 322 g/mol. The first-order valence-electron chi connectivity index (χ1n) is 7.99. The summed E-state index contributed by atoms with van der Waals surface area (Å²) in [6, 6.07) is 9.25. The van der Waals surface area contributed by atoms with Crippen LogP contribution in [-0.2, 0) is 11.3 Å². The van der Waals surface area contributed by atoms with E-state index in [-0.39, 0.29) is 11.9 Å². The fraction of sp³-hybridized carbons (Fsp3) is 0.333. The van der Waals surface area contributed by atoms with Gasteiger partial charge in [-0.25, -0.2) is 4.79 Å². The van der Waals surface area contributed by atoms with Gasteiger partial charge in [-0.1, -0.05) is 13.0 Å². The number of amides is 3. The summed E-state index contributed by atoms with van der Waals surface area (Å²) >= 11 is 1.66. The van der Waals surface area contributed by atoms with E-state index in [1.54, 1.807) is 11.3 Å². The van der Waals surface area contributed by atoms with Crippen LogP contribution in [0.5, 0.6) is 0 Å². The first-order valence-corrected chi connectivity index (χ1v) is 8.81. The highest BCUT2D eigenvalue weighted by Gasteiger charge is 2.09. The summed E-state index contributed by atoms with van der Waals surface area (Å²) in [5, 5.41) is 8.55. The Morgan fingerprint density at radius 1 is 1.04 bits per heavy atom. The van der Waals surface area contributed by atoms with Gasteiger partial charge in [0.15, 0.2) is 0 Å². The van der Waals surface area contributed by atoms with Gasteiger partial charge < -0.3 is 16.0 Å². The molecule has 0 bridgehead atoms. The van der Waals surface area contributed by atoms with Crippen LogP contribution >= 0.6 is 11.3 Å². The van der Waals surface area contributed by atoms with E-state index in [0.717, 1.165) is 22.5 Å². The lowest BCUT2D eigenvalue weighted by molar-refractivity contribution is -0.116. The van der Waals surface area contributed by atoms with Crippen LogP contribution in [0, 0.1) is 13.8 Å². The number of carbonyl (C=O) groups excluding carboxylic acids is 2. The van der Waals surface area contributed by atoms with Crippen LogP contribution in [0.4, 0.5) is 16.2 Å². The SMILES string of the molecule is CCCC(=O)Nc1cccc(NC(=O)NCc2ccc(C)s2)c1C. The lowest BCUT2D eigenvalue weighted by atomic mass is 10.1. The molecule has 0 saturated heterocycles. The average Bonchev–Trinajstić information content (AvgIpc) is 2.95. The largest absolute Gasteiger partial charge is 0.333 e. The molecule has 128 valence electrons. The van der Waals surface area contributed by atoms with Gasteiger partial charge in [-0.2, -0.15) is 0 Å². The van der Waals surface area contributed by atoms with Crippen LogP contribution in [0.1, 0.15) is 35.1 Å². The Balaban J connectivity index is 1.96. The molecule has 0 atom stereocenters. The van der Waals surface area contributed by atoms with Crippen molar-refractivity contribution < 1.29 is 9.59 Å². The van der Waals surface area contributed by atoms with Gasteiger partial charge in [0, 0.05) is 27.5 Å². The minimum absolute atomic E-state index is 0.0183. The Morgan fingerprint density at radius 2 is 1.75 bits per heavy atom. The Hall–Kier alpha value is -2.34. The summed E-state index contributed by atoms with van der Waals surface area (Å²) in [7, 11) is 0. The Labute approximate surface area is 146 Å². The standard InChI is InChI=1S/C18H23N3O2S/c1-4-6-17(22)20-15-7-5-8-16(13(15)3)21-18(23)19-11-14-10-9-12(2)24-14/h5,7-10H,4,6,11H2,1-3H3,(H,20,22)(H2,19,21,23). The maximum atomic E-state index is 12.1. The number of thiophene rings is 1. The predicted molar refractivity (Wildman–Crippen MR) is 99.6 cm³/mol. The molecule has 24 heavy (non-hydrogen) atoms. The third-order valence-electron chi connectivity index (χ3n) is 3.55. The fourth-order valence-corrected chi connectivity index (χ4v) is 3.09. The van der Waals surface area contributed by atoms with Crippen LogP contribution in [0.3, 0.4) is 0 Å². The number of hydrogen-bond donors (Lipinski definition) is 3. The van der Waals surface area contributed by atoms with E-state index in [0.29, 0.717) is 18.7 Å². The molecule has 0 saturated carbocycles. The van der Waals surface area contributed by atoms with Crippen molar-refractivity contribution in [2.45, 2.75) is 40.2 Å². The van der Waals surface area contributed by atoms with Gasteiger partial charge in [-0.3, -0.25) is 4.79 Å². The zero-order valence-corrected chi connectivity index (χ0v) is 15.0. The number of hydrogen-bond acceptors (Lipinski definition) is 3. The van der Waals surface area contributed by atoms with Gasteiger partial charge in [0.1, 0.15) is 0 Å². The second-order valence-corrected chi connectivity index (χ2v) is 6.97. The van der Waals surface area contributed by atoms with Gasteiger partial charge in [-0.15, -0.1) is 11.3 Å². The van der Waals surface area contributed by atoms with E-state index in [2.05, 4.69) is 16.0 Å². The molecule has 6 heteroatoms. The van der Waals surface area contributed by atoms with Crippen LogP contribution in [0.2, 0.25) is 0 Å². The molecule has 3 amide bonds. The van der Waals surface area contributed by atoms with Crippen molar-refractivity contribution in [1.29, 1.82) is 0 Å². The molecule has 0 radical (unpaired) electrons. The third-order valence-corrected chi connectivity index (χ3v) is 4.55. The lowest BCUT2D eigenvalue weighted by Gasteiger charge is -2.13. The summed E-state index contributed by atoms with van der Waals surface area (Å²) in [5.41, 5.74) is 2.24. The minimum Gasteiger partial charge on any atom is -0.333 e. The Morgan fingerprint density at radius 3 is 2.38 bits per heavy atom. The number of anilines is 2. The molecule has 5 nitrogen and oxygen atoms in total. The van der Waals surface area contributed by atoms with E-state index in [4.69, 9.17) is 0 Å². The Bertz CT molecular complexity index is 725. The average molecular weight is 345 g/mol. The Kier molecular flexibility index (Phi) is 6.37. The van der Waals surface area contributed by atoms with Crippen LogP contribution in [0.15, 0.2) is 30.3 Å². The number of carbonyl (C=O) groups is 2. The van der Waals surface area contributed by atoms with E-state index in [1.807, 2.05) is 51.1 Å². The fourth-order valence-electron chi connectivity index (χ4n) is 2.26. The molecule has 1 aromatic carbocycles. The van der Waals surface area contributed by atoms with Crippen molar-refractivity contribution in [1.82, 2.24) is 5.32 Å². The zero-order valence-electron chi connectivity index (χ0n) is 14.2. The van der Waals surface area contributed by atoms with Crippen LogP contribution in [0.25, 0.3) is 0 Å². The monoisotopic (exact) mass is 345 g/mol. The van der Waals surface area contributed by atoms with E-state index in [9.17, 15) is 9.59 Å². The topological polar surface area (TPSA) is 70.2 Å². The molecule has 2 aromatic rings. The van der Waals surface area contributed by atoms with Gasteiger partial charge in [0.2, 0.25) is 5.91 Å². The normalized spacial score (nSPS) is 10.3. The van der Waals surface area contributed by atoms with E-state index >= 15 is 0 Å². The molecule has 0 fully saturated rings. The quantitative estimate of drug-likeness (QED) is 0.725. The van der Waals surface area contributed by atoms with Gasteiger partial charge in [0.25, 0.3) is 0 Å². The smallest absolute Gasteiger partial charge is 0.319 e. The van der Waals surface area contributed by atoms with Crippen LogP contribution in [-0.4, -0.2) is 11.9 Å². The number of rotatable bonds is 6. The van der Waals surface area contributed by atoms with Gasteiger partial charge >= 0.3 is 6.03 Å². The number of benzene rings is 1. The first-order chi connectivity index (χ1) is 11.5. The van der Waals surface area contributed by atoms with Crippen molar-refractivity contribution in [2.24, 2.45) is 0 Å². The summed E-state index contributed by atoms with van der Waals surface area (Å²) in [5.74, 6) is -0.0183. The van der Waals surface area contributed by atoms with Crippen molar-refractivity contribution >= 4 is 34.6 Å². The van der Waals surface area contributed by atoms with E-state index < -0.39 is 0 Å². The van der Waals surface area contributed by atoms with Gasteiger partial charge in [0.05, 0.1) is 6.54 Å². The van der Waals surface area contributed by atoms with Crippen molar-refractivity contribution in [3.05, 3.63) is 45.6 Å². The molecule has 1 aromatic heterocycles. The lowest BCUT2D eigenvalue weighted by Crippen LogP contribution is -2.28. The molecule has 0 spiro atoms. The second kappa shape index (κ2) is 8.49. The number of urea groups is 1. The molecule has 1 heterocycles. The highest BCUT2D eigenvalue weighted by molar-refractivity contribution is 7.11. The number of nitrogens with one attached hydrogen (secondary N) is 3. The zero-order chi connectivity index (χ0) is 17.5. The van der Waals surface area contributed by atoms with Crippen LogP contribution < -0.4 is 16.0 Å². The first kappa shape index (κ1) is 18.0. The molecule has 3 N–H and O–H groups in total. The van der Waals surface area contributed by atoms with Crippen molar-refractivity contribution in [2.75, 3.05) is 10.6 Å². The molecular formula is C18H23N3O2S. The minimum atomic E-state index is -0.263. The highest BCUT2D eigenvalue weighted by Crippen LogP contribution is 2.23. The summed E-state index contributed by atoms with van der Waals surface area (Å²) < 4.78 is 0. The summed E-state index contributed by atoms with van der Waals surface area (Å²) in [6.07, 6.45) is 1.28. The molecule has 0 unspecified atom stereocenters. The van der Waals surface area contributed by atoms with Crippen molar-refractivity contribution in [3.63, 3.8) is 0 Å². The maximum Gasteiger partial charge on any atom is 0.319 e. The summed E-state index contributed by atoms with van der Waals surface area (Å²) in [4.78, 5) is 26.2. The van der Waals surface area contributed by atoms with Crippen molar-refractivity contribution in [3.8, 4) is 0 Å². The highest BCUT2D eigenvalue weighted by atomic mass is 32.1. The maximum absolute atomic E-state index is 12.1. The second-order valence-electron chi connectivity index (χ2n) is 5.60. The molecule has 2 rings (SSSR count). The molecule has 0 aliphatic carbocycles. The molecule has 0 aliphatic heterocycles. The number of aryl methyl sites for hydroxylation is 1. The summed E-state index contributed by atoms with van der Waals surface area (Å²) in [6.45, 7) is 6.37. The van der Waals surface area contributed by atoms with E-state index in [1.165, 1.54) is 4.88 Å². The van der Waals surface area contributed by atoms with Gasteiger partial charge in [-0.05, 0) is 50.1 Å². The molecule has 0 aliphatic rings.